The second-order valence-corrected chi connectivity index (χ2v) is 4.20. The van der Waals surface area contributed by atoms with Gasteiger partial charge in [0, 0.05) is 18.5 Å². The minimum Gasteiger partial charge on any atom is -0.492 e. The van der Waals surface area contributed by atoms with Gasteiger partial charge in [-0.2, -0.15) is 0 Å². The largest absolute Gasteiger partial charge is 0.492 e. The molecule has 0 spiro atoms. The minimum absolute atomic E-state index is 0.362. The molecule has 0 heterocycles. The Kier molecular flexibility index (Phi) is 6.97. The van der Waals surface area contributed by atoms with E-state index < -0.39 is 0 Å². The zero-order valence-electron chi connectivity index (χ0n) is 10.1. The summed E-state index contributed by atoms with van der Waals surface area (Å²) in [6, 6.07) is 5.66. The topological polar surface area (TPSA) is 21.3 Å². The third-order valence-electron chi connectivity index (χ3n) is 2.32. The lowest BCUT2D eigenvalue weighted by Gasteiger charge is -2.13. The molecule has 2 nitrogen and oxygen atoms in total. The van der Waals surface area contributed by atoms with Crippen LogP contribution in [0.1, 0.15) is 25.3 Å². The maximum absolute atomic E-state index is 12.0. The standard InChI is InChI=1S/C13H19ClFNO/c1-2-8-16-10-11-5-3-6-12(14)13(11)17-9-4-7-15/h3,5-6,16H,2,4,7-10H2,1H3. The van der Waals surface area contributed by atoms with Crippen molar-refractivity contribution in [1.29, 1.82) is 0 Å². The lowest BCUT2D eigenvalue weighted by molar-refractivity contribution is 0.287. The summed E-state index contributed by atoms with van der Waals surface area (Å²) in [5.41, 5.74) is 1.02. The molecule has 0 aliphatic carbocycles. The summed E-state index contributed by atoms with van der Waals surface area (Å²) in [6.07, 6.45) is 1.48. The maximum Gasteiger partial charge on any atom is 0.142 e. The molecule has 0 aliphatic rings. The van der Waals surface area contributed by atoms with Gasteiger partial charge in [-0.15, -0.1) is 0 Å². The zero-order chi connectivity index (χ0) is 12.5. The van der Waals surface area contributed by atoms with Gasteiger partial charge in [-0.25, -0.2) is 0 Å². The Labute approximate surface area is 107 Å². The average Bonchev–Trinajstić information content (AvgIpc) is 2.33. The van der Waals surface area contributed by atoms with Crippen LogP contribution in [-0.2, 0) is 6.54 Å². The van der Waals surface area contributed by atoms with Crippen LogP contribution in [0.5, 0.6) is 5.75 Å². The molecule has 1 aromatic carbocycles. The van der Waals surface area contributed by atoms with Crippen molar-refractivity contribution in [1.82, 2.24) is 5.32 Å². The molecule has 0 saturated heterocycles. The van der Waals surface area contributed by atoms with Gasteiger partial charge in [-0.3, -0.25) is 4.39 Å². The normalized spacial score (nSPS) is 10.5. The van der Waals surface area contributed by atoms with Gasteiger partial charge in [-0.1, -0.05) is 30.7 Å². The fourth-order valence-electron chi connectivity index (χ4n) is 1.48. The van der Waals surface area contributed by atoms with Crippen LogP contribution < -0.4 is 10.1 Å². The van der Waals surface area contributed by atoms with Gasteiger partial charge in [0.2, 0.25) is 0 Å². The summed E-state index contributed by atoms with van der Waals surface area (Å²) in [6.45, 7) is 3.79. The Balaban J connectivity index is 2.63. The molecule has 0 amide bonds. The van der Waals surface area contributed by atoms with Crippen molar-refractivity contribution in [3.8, 4) is 5.75 Å². The molecule has 96 valence electrons. The molecule has 4 heteroatoms. The van der Waals surface area contributed by atoms with Crippen molar-refractivity contribution in [3.05, 3.63) is 28.8 Å². The number of alkyl halides is 1. The SMILES string of the molecule is CCCNCc1cccc(Cl)c1OCCCF. The van der Waals surface area contributed by atoms with E-state index in [1.807, 2.05) is 12.1 Å². The number of benzene rings is 1. The van der Waals surface area contributed by atoms with Gasteiger partial charge in [0.05, 0.1) is 18.3 Å². The predicted molar refractivity (Wildman–Crippen MR) is 69.5 cm³/mol. The maximum atomic E-state index is 12.0. The number of rotatable bonds is 8. The highest BCUT2D eigenvalue weighted by Crippen LogP contribution is 2.28. The first-order chi connectivity index (χ1) is 8.29. The molecule has 0 fully saturated rings. The number of nitrogens with one attached hydrogen (secondary N) is 1. The second-order valence-electron chi connectivity index (χ2n) is 3.80. The summed E-state index contributed by atoms with van der Waals surface area (Å²) in [4.78, 5) is 0. The van der Waals surface area contributed by atoms with Crippen molar-refractivity contribution < 1.29 is 9.13 Å². The first kappa shape index (κ1) is 14.3. The molecule has 1 aromatic rings. The summed E-state index contributed by atoms with van der Waals surface area (Å²) < 4.78 is 17.5. The van der Waals surface area contributed by atoms with Crippen LogP contribution in [0.25, 0.3) is 0 Å². The molecule has 17 heavy (non-hydrogen) atoms. The number of para-hydroxylation sites is 1. The molecule has 0 radical (unpaired) electrons. The van der Waals surface area contributed by atoms with Crippen LogP contribution in [0.3, 0.4) is 0 Å². The molecule has 0 atom stereocenters. The molecule has 0 unspecified atom stereocenters. The van der Waals surface area contributed by atoms with Gasteiger partial charge < -0.3 is 10.1 Å². The van der Waals surface area contributed by atoms with E-state index >= 15 is 0 Å². The quantitative estimate of drug-likeness (QED) is 0.721. The molecule has 1 N–H and O–H groups in total. The summed E-state index contributed by atoms with van der Waals surface area (Å²) in [5.74, 6) is 0.672. The Bertz CT molecular complexity index is 333. The summed E-state index contributed by atoms with van der Waals surface area (Å²) in [7, 11) is 0. The van der Waals surface area contributed by atoms with Crippen LogP contribution >= 0.6 is 11.6 Å². The van der Waals surface area contributed by atoms with E-state index in [0.29, 0.717) is 23.8 Å². The number of halogens is 2. The predicted octanol–water partition coefficient (Wildman–Crippen LogP) is 3.58. The molecule has 0 saturated carbocycles. The Morgan fingerprint density at radius 1 is 1.41 bits per heavy atom. The van der Waals surface area contributed by atoms with Gasteiger partial charge in [0.1, 0.15) is 5.75 Å². The Morgan fingerprint density at radius 3 is 2.94 bits per heavy atom. The molecule has 1 rings (SSSR count). The molecule has 0 aromatic heterocycles. The fourth-order valence-corrected chi connectivity index (χ4v) is 1.73. The van der Waals surface area contributed by atoms with Gasteiger partial charge >= 0.3 is 0 Å². The van der Waals surface area contributed by atoms with E-state index in [1.165, 1.54) is 0 Å². The van der Waals surface area contributed by atoms with E-state index in [9.17, 15) is 4.39 Å². The lowest BCUT2D eigenvalue weighted by atomic mass is 10.2. The molecular weight excluding hydrogens is 241 g/mol. The van der Waals surface area contributed by atoms with Crippen molar-refractivity contribution in [3.63, 3.8) is 0 Å². The van der Waals surface area contributed by atoms with Crippen LogP contribution in [-0.4, -0.2) is 19.8 Å². The minimum atomic E-state index is -0.367. The molecular formula is C13H19ClFNO. The van der Waals surface area contributed by atoms with Crippen molar-refractivity contribution >= 4 is 11.6 Å². The third kappa shape index (κ3) is 4.92. The van der Waals surface area contributed by atoms with Crippen LogP contribution in [0.4, 0.5) is 4.39 Å². The van der Waals surface area contributed by atoms with Gasteiger partial charge in [0.15, 0.2) is 0 Å². The second kappa shape index (κ2) is 8.31. The average molecular weight is 260 g/mol. The number of hydrogen-bond acceptors (Lipinski definition) is 2. The Morgan fingerprint density at radius 2 is 2.24 bits per heavy atom. The van der Waals surface area contributed by atoms with Crippen molar-refractivity contribution in [2.75, 3.05) is 19.8 Å². The van der Waals surface area contributed by atoms with E-state index in [2.05, 4.69) is 12.2 Å². The molecule has 0 aliphatic heterocycles. The fraction of sp³-hybridized carbons (Fsp3) is 0.538. The van der Waals surface area contributed by atoms with E-state index in [4.69, 9.17) is 16.3 Å². The van der Waals surface area contributed by atoms with E-state index in [1.54, 1.807) is 6.07 Å². The zero-order valence-corrected chi connectivity index (χ0v) is 10.9. The molecule has 0 bridgehead atoms. The van der Waals surface area contributed by atoms with Crippen molar-refractivity contribution in [2.45, 2.75) is 26.3 Å². The third-order valence-corrected chi connectivity index (χ3v) is 2.61. The van der Waals surface area contributed by atoms with Gasteiger partial charge in [-0.05, 0) is 19.0 Å². The number of hydrogen-bond donors (Lipinski definition) is 1. The lowest BCUT2D eigenvalue weighted by Crippen LogP contribution is -2.15. The highest BCUT2D eigenvalue weighted by molar-refractivity contribution is 6.32. The van der Waals surface area contributed by atoms with Crippen LogP contribution in [0.2, 0.25) is 5.02 Å². The number of ether oxygens (including phenoxy) is 1. The van der Waals surface area contributed by atoms with E-state index in [-0.39, 0.29) is 6.67 Å². The van der Waals surface area contributed by atoms with Gasteiger partial charge in [0.25, 0.3) is 0 Å². The first-order valence-corrected chi connectivity index (χ1v) is 6.34. The monoisotopic (exact) mass is 259 g/mol. The van der Waals surface area contributed by atoms with Crippen LogP contribution in [0, 0.1) is 0 Å². The highest BCUT2D eigenvalue weighted by atomic mass is 35.5. The van der Waals surface area contributed by atoms with Crippen molar-refractivity contribution in [2.24, 2.45) is 0 Å². The highest BCUT2D eigenvalue weighted by Gasteiger charge is 2.07. The summed E-state index contributed by atoms with van der Waals surface area (Å²) >= 11 is 6.07. The Hall–Kier alpha value is -0.800. The smallest absolute Gasteiger partial charge is 0.142 e. The summed E-state index contributed by atoms with van der Waals surface area (Å²) in [5, 5.41) is 3.88. The van der Waals surface area contributed by atoms with Crippen LogP contribution in [0.15, 0.2) is 18.2 Å². The van der Waals surface area contributed by atoms with E-state index in [0.717, 1.165) is 25.1 Å². The first-order valence-electron chi connectivity index (χ1n) is 5.96.